The number of hydrogen-bond donors (Lipinski definition) is 1. The lowest BCUT2D eigenvalue weighted by molar-refractivity contribution is -0.137. The van der Waals surface area contributed by atoms with Crippen LogP contribution in [0.25, 0.3) is 11.3 Å². The maximum Gasteiger partial charge on any atom is 0.417 e. The first kappa shape index (κ1) is 15.4. The van der Waals surface area contributed by atoms with E-state index in [4.69, 9.17) is 5.73 Å². The lowest BCUT2D eigenvalue weighted by Crippen LogP contribution is -2.06. The van der Waals surface area contributed by atoms with Crippen LogP contribution >= 0.6 is 0 Å². The SMILES string of the molecule is CCCCCn1cc(-c2ccccc2C(F)(F)F)nc1N. The van der Waals surface area contributed by atoms with E-state index in [1.807, 2.05) is 0 Å². The Hall–Kier alpha value is -1.98. The quantitative estimate of drug-likeness (QED) is 0.834. The Labute approximate surface area is 121 Å². The molecule has 1 aromatic heterocycles. The molecule has 0 radical (unpaired) electrons. The van der Waals surface area contributed by atoms with Gasteiger partial charge in [-0.2, -0.15) is 13.2 Å². The highest BCUT2D eigenvalue weighted by molar-refractivity contribution is 5.65. The van der Waals surface area contributed by atoms with Crippen LogP contribution in [0.5, 0.6) is 0 Å². The second-order valence-electron chi connectivity index (χ2n) is 4.93. The first-order valence-corrected chi connectivity index (χ1v) is 6.92. The third kappa shape index (κ3) is 3.56. The Morgan fingerprint density at radius 1 is 1.19 bits per heavy atom. The van der Waals surface area contributed by atoms with Crippen LogP contribution in [0, 0.1) is 0 Å². The number of aromatic nitrogens is 2. The summed E-state index contributed by atoms with van der Waals surface area (Å²) in [5.41, 5.74) is 5.42. The van der Waals surface area contributed by atoms with Crippen LogP contribution in [0.1, 0.15) is 31.7 Å². The highest BCUT2D eigenvalue weighted by Crippen LogP contribution is 2.36. The van der Waals surface area contributed by atoms with Crippen LogP contribution in [0.4, 0.5) is 19.1 Å². The van der Waals surface area contributed by atoms with Gasteiger partial charge in [0.2, 0.25) is 5.95 Å². The topological polar surface area (TPSA) is 43.8 Å². The number of nitrogens with zero attached hydrogens (tertiary/aromatic N) is 2. The van der Waals surface area contributed by atoms with E-state index in [-0.39, 0.29) is 17.2 Å². The third-order valence-electron chi connectivity index (χ3n) is 3.32. The Morgan fingerprint density at radius 2 is 1.90 bits per heavy atom. The fourth-order valence-corrected chi connectivity index (χ4v) is 2.22. The molecule has 0 saturated carbocycles. The summed E-state index contributed by atoms with van der Waals surface area (Å²) in [5, 5.41) is 0. The Balaban J connectivity index is 2.33. The van der Waals surface area contributed by atoms with Gasteiger partial charge < -0.3 is 10.3 Å². The first-order valence-electron chi connectivity index (χ1n) is 6.92. The number of imidazole rings is 1. The van der Waals surface area contributed by atoms with Crippen LogP contribution in [0.3, 0.4) is 0 Å². The van der Waals surface area contributed by atoms with Crippen molar-refractivity contribution in [2.45, 2.75) is 38.9 Å². The number of hydrogen-bond acceptors (Lipinski definition) is 2. The van der Waals surface area contributed by atoms with Gasteiger partial charge >= 0.3 is 6.18 Å². The lowest BCUT2D eigenvalue weighted by Gasteiger charge is -2.10. The van der Waals surface area contributed by atoms with Crippen molar-refractivity contribution >= 4 is 5.95 Å². The molecule has 0 fully saturated rings. The molecule has 6 heteroatoms. The minimum Gasteiger partial charge on any atom is -0.369 e. The zero-order chi connectivity index (χ0) is 15.5. The number of nitrogen functional groups attached to an aromatic ring is 1. The molecule has 3 nitrogen and oxygen atoms in total. The molecule has 0 aliphatic heterocycles. The Morgan fingerprint density at radius 3 is 2.57 bits per heavy atom. The highest BCUT2D eigenvalue weighted by Gasteiger charge is 2.33. The molecule has 21 heavy (non-hydrogen) atoms. The zero-order valence-corrected chi connectivity index (χ0v) is 11.8. The fraction of sp³-hybridized carbons (Fsp3) is 0.400. The molecule has 0 atom stereocenters. The van der Waals surface area contributed by atoms with Gasteiger partial charge in [0.25, 0.3) is 0 Å². The van der Waals surface area contributed by atoms with Crippen molar-refractivity contribution < 1.29 is 13.2 Å². The summed E-state index contributed by atoms with van der Waals surface area (Å²) >= 11 is 0. The van der Waals surface area contributed by atoms with E-state index < -0.39 is 11.7 Å². The molecule has 0 unspecified atom stereocenters. The molecular weight excluding hydrogens is 279 g/mol. The molecule has 0 bridgehead atoms. The number of aryl methyl sites for hydroxylation is 1. The van der Waals surface area contributed by atoms with E-state index in [9.17, 15) is 13.2 Å². The fourth-order valence-electron chi connectivity index (χ4n) is 2.22. The molecule has 0 saturated heterocycles. The smallest absolute Gasteiger partial charge is 0.369 e. The minimum atomic E-state index is -4.41. The van der Waals surface area contributed by atoms with Gasteiger partial charge in [-0.1, -0.05) is 38.0 Å². The molecule has 0 aliphatic rings. The average Bonchev–Trinajstić information content (AvgIpc) is 2.80. The van der Waals surface area contributed by atoms with Crippen molar-refractivity contribution in [1.29, 1.82) is 0 Å². The van der Waals surface area contributed by atoms with Crippen LogP contribution in [-0.4, -0.2) is 9.55 Å². The van der Waals surface area contributed by atoms with E-state index in [2.05, 4.69) is 11.9 Å². The van der Waals surface area contributed by atoms with Gasteiger partial charge in [0.15, 0.2) is 0 Å². The maximum absolute atomic E-state index is 13.0. The first-order chi connectivity index (χ1) is 9.93. The van der Waals surface area contributed by atoms with E-state index in [0.717, 1.165) is 25.3 Å². The van der Waals surface area contributed by atoms with Gasteiger partial charge in [-0.05, 0) is 12.5 Å². The monoisotopic (exact) mass is 297 g/mol. The standard InChI is InChI=1S/C15H18F3N3/c1-2-3-6-9-21-10-13(20-14(21)19)11-7-4-5-8-12(11)15(16,17)18/h4-5,7-8,10H,2-3,6,9H2,1H3,(H2,19,20). The predicted octanol–water partition coefficient (Wildman–Crippen LogP) is 4.34. The number of rotatable bonds is 5. The van der Waals surface area contributed by atoms with Crippen LogP contribution in [0.15, 0.2) is 30.5 Å². The van der Waals surface area contributed by atoms with Gasteiger partial charge in [-0.25, -0.2) is 4.98 Å². The van der Waals surface area contributed by atoms with Gasteiger partial charge in [0.05, 0.1) is 11.3 Å². The molecule has 2 aromatic rings. The van der Waals surface area contributed by atoms with Crippen LogP contribution in [0.2, 0.25) is 0 Å². The van der Waals surface area contributed by atoms with E-state index in [0.29, 0.717) is 6.54 Å². The summed E-state index contributed by atoms with van der Waals surface area (Å²) < 4.78 is 40.8. The van der Waals surface area contributed by atoms with E-state index in [1.54, 1.807) is 16.8 Å². The predicted molar refractivity (Wildman–Crippen MR) is 76.6 cm³/mol. The molecule has 0 amide bonds. The number of anilines is 1. The van der Waals surface area contributed by atoms with Crippen molar-refractivity contribution in [2.24, 2.45) is 0 Å². The number of unbranched alkanes of at least 4 members (excludes halogenated alkanes) is 2. The van der Waals surface area contributed by atoms with Crippen LogP contribution in [-0.2, 0) is 12.7 Å². The summed E-state index contributed by atoms with van der Waals surface area (Å²) in [4.78, 5) is 4.07. The molecule has 2 rings (SSSR count). The van der Waals surface area contributed by atoms with Crippen molar-refractivity contribution in [1.82, 2.24) is 9.55 Å². The molecule has 114 valence electrons. The van der Waals surface area contributed by atoms with Crippen LogP contribution < -0.4 is 5.73 Å². The van der Waals surface area contributed by atoms with E-state index >= 15 is 0 Å². The zero-order valence-electron chi connectivity index (χ0n) is 11.8. The van der Waals surface area contributed by atoms with Crippen molar-refractivity contribution in [2.75, 3.05) is 5.73 Å². The number of nitrogens with two attached hydrogens (primary N) is 1. The average molecular weight is 297 g/mol. The third-order valence-corrected chi connectivity index (χ3v) is 3.32. The lowest BCUT2D eigenvalue weighted by atomic mass is 10.0. The van der Waals surface area contributed by atoms with Crippen molar-refractivity contribution in [3.05, 3.63) is 36.0 Å². The summed E-state index contributed by atoms with van der Waals surface area (Å²) in [6.07, 6.45) is 0.231. The number of halogens is 3. The molecule has 2 N–H and O–H groups in total. The minimum absolute atomic E-state index is 0.0611. The Bertz CT molecular complexity index is 602. The molecule has 0 spiro atoms. The van der Waals surface area contributed by atoms with Crippen molar-refractivity contribution in [3.63, 3.8) is 0 Å². The van der Waals surface area contributed by atoms with Crippen molar-refractivity contribution in [3.8, 4) is 11.3 Å². The Kier molecular flexibility index (Phi) is 4.55. The second-order valence-corrected chi connectivity index (χ2v) is 4.93. The van der Waals surface area contributed by atoms with E-state index in [1.165, 1.54) is 12.1 Å². The highest BCUT2D eigenvalue weighted by atomic mass is 19.4. The molecular formula is C15H18F3N3. The normalized spacial score (nSPS) is 11.8. The molecule has 1 heterocycles. The molecule has 0 aliphatic carbocycles. The largest absolute Gasteiger partial charge is 0.417 e. The van der Waals surface area contributed by atoms with Gasteiger partial charge in [-0.15, -0.1) is 0 Å². The summed E-state index contributed by atoms with van der Waals surface area (Å²) in [7, 11) is 0. The second kappa shape index (κ2) is 6.20. The maximum atomic E-state index is 13.0. The van der Waals surface area contributed by atoms with Gasteiger partial charge in [0.1, 0.15) is 0 Å². The van der Waals surface area contributed by atoms with Gasteiger partial charge in [-0.3, -0.25) is 0 Å². The number of alkyl halides is 3. The number of benzene rings is 1. The molecule has 1 aromatic carbocycles. The summed E-state index contributed by atoms with van der Waals surface area (Å²) in [6.45, 7) is 2.75. The van der Waals surface area contributed by atoms with Gasteiger partial charge in [0, 0.05) is 18.3 Å². The summed E-state index contributed by atoms with van der Waals surface area (Å²) in [6, 6.07) is 5.41. The summed E-state index contributed by atoms with van der Waals surface area (Å²) in [5.74, 6) is 0.248.